The molecule has 1 aromatic heterocycles. The molecular weight excluding hydrogens is 222 g/mol. The van der Waals surface area contributed by atoms with Gasteiger partial charge in [-0.2, -0.15) is 0 Å². The fraction of sp³-hybridized carbons (Fsp3) is 0.583. The first-order chi connectivity index (χ1) is 8.08. The first kappa shape index (κ1) is 13.6. The SMILES string of the molecule is CCOc1ccc(C(C)NC(C)C(=O)OC)o1. The Balaban J connectivity index is 2.56. The molecular formula is C12H19NO4. The Hall–Kier alpha value is -1.49. The zero-order valence-electron chi connectivity index (χ0n) is 10.6. The highest BCUT2D eigenvalue weighted by Crippen LogP contribution is 2.21. The van der Waals surface area contributed by atoms with Crippen molar-refractivity contribution in [2.75, 3.05) is 13.7 Å². The lowest BCUT2D eigenvalue weighted by Gasteiger charge is -2.16. The summed E-state index contributed by atoms with van der Waals surface area (Å²) in [5, 5.41) is 3.08. The largest absolute Gasteiger partial charge is 0.468 e. The lowest BCUT2D eigenvalue weighted by Crippen LogP contribution is -2.36. The molecule has 0 fully saturated rings. The average molecular weight is 241 g/mol. The third-order valence-electron chi connectivity index (χ3n) is 2.37. The molecule has 0 aliphatic rings. The summed E-state index contributed by atoms with van der Waals surface area (Å²) in [6.45, 7) is 6.11. The third kappa shape index (κ3) is 3.78. The topological polar surface area (TPSA) is 60.7 Å². The predicted octanol–water partition coefficient (Wildman–Crippen LogP) is 1.89. The van der Waals surface area contributed by atoms with Crippen LogP contribution in [0.25, 0.3) is 0 Å². The van der Waals surface area contributed by atoms with Crippen LogP contribution in [-0.2, 0) is 9.53 Å². The summed E-state index contributed by atoms with van der Waals surface area (Å²) in [5.74, 6) is 0.916. The molecule has 96 valence electrons. The minimum absolute atomic E-state index is 0.0849. The van der Waals surface area contributed by atoms with Crippen LogP contribution in [0.15, 0.2) is 16.5 Å². The van der Waals surface area contributed by atoms with Gasteiger partial charge < -0.3 is 13.9 Å². The summed E-state index contributed by atoms with van der Waals surface area (Å²) in [6, 6.07) is 3.13. The second kappa shape index (κ2) is 6.30. The number of hydrogen-bond acceptors (Lipinski definition) is 5. The Labute approximate surface area is 101 Å². The van der Waals surface area contributed by atoms with E-state index < -0.39 is 0 Å². The van der Waals surface area contributed by atoms with E-state index >= 15 is 0 Å². The summed E-state index contributed by atoms with van der Waals surface area (Å²) in [5.41, 5.74) is 0. The molecule has 0 aliphatic carbocycles. The Morgan fingerprint density at radius 3 is 2.76 bits per heavy atom. The van der Waals surface area contributed by atoms with Gasteiger partial charge in [0.2, 0.25) is 0 Å². The first-order valence-electron chi connectivity index (χ1n) is 5.64. The van der Waals surface area contributed by atoms with E-state index in [0.29, 0.717) is 12.6 Å². The molecule has 1 heterocycles. The Morgan fingerprint density at radius 2 is 2.18 bits per heavy atom. The molecule has 1 aromatic rings. The van der Waals surface area contributed by atoms with Crippen molar-refractivity contribution < 1.29 is 18.7 Å². The highest BCUT2D eigenvalue weighted by Gasteiger charge is 2.18. The van der Waals surface area contributed by atoms with Crippen LogP contribution in [0.5, 0.6) is 5.95 Å². The van der Waals surface area contributed by atoms with Crippen molar-refractivity contribution in [1.29, 1.82) is 0 Å². The third-order valence-corrected chi connectivity index (χ3v) is 2.37. The summed E-state index contributed by atoms with van der Waals surface area (Å²) in [7, 11) is 1.37. The van der Waals surface area contributed by atoms with Crippen molar-refractivity contribution in [3.63, 3.8) is 0 Å². The van der Waals surface area contributed by atoms with Gasteiger partial charge in [0.25, 0.3) is 5.95 Å². The van der Waals surface area contributed by atoms with E-state index in [9.17, 15) is 4.79 Å². The molecule has 1 rings (SSSR count). The number of carbonyl (C=O) groups excluding carboxylic acids is 1. The van der Waals surface area contributed by atoms with Gasteiger partial charge in [0.1, 0.15) is 11.8 Å². The molecule has 5 heteroatoms. The molecule has 17 heavy (non-hydrogen) atoms. The Morgan fingerprint density at radius 1 is 1.47 bits per heavy atom. The average Bonchev–Trinajstić information content (AvgIpc) is 2.77. The van der Waals surface area contributed by atoms with E-state index in [1.807, 2.05) is 19.9 Å². The lowest BCUT2D eigenvalue weighted by molar-refractivity contribution is -0.142. The number of nitrogens with one attached hydrogen (secondary N) is 1. The number of carbonyl (C=O) groups is 1. The number of esters is 1. The Bertz CT molecular complexity index is 361. The van der Waals surface area contributed by atoms with Crippen molar-refractivity contribution in [2.24, 2.45) is 0 Å². The normalized spacial score (nSPS) is 14.1. The van der Waals surface area contributed by atoms with Crippen molar-refractivity contribution >= 4 is 5.97 Å². The Kier molecular flexibility index (Phi) is 5.03. The number of rotatable bonds is 6. The monoisotopic (exact) mass is 241 g/mol. The standard InChI is InChI=1S/C12H19NO4/c1-5-16-11-7-6-10(17-11)8(2)13-9(3)12(14)15-4/h6-9,13H,5H2,1-4H3. The molecule has 0 bridgehead atoms. The molecule has 1 N–H and O–H groups in total. The van der Waals surface area contributed by atoms with Crippen LogP contribution < -0.4 is 10.1 Å². The van der Waals surface area contributed by atoms with E-state index in [2.05, 4.69) is 10.1 Å². The minimum atomic E-state index is -0.379. The fourth-order valence-electron chi connectivity index (χ4n) is 1.49. The maximum atomic E-state index is 11.2. The molecule has 0 saturated carbocycles. The summed E-state index contributed by atoms with van der Waals surface area (Å²) >= 11 is 0. The van der Waals surface area contributed by atoms with E-state index in [-0.39, 0.29) is 18.1 Å². The molecule has 0 spiro atoms. The van der Waals surface area contributed by atoms with Crippen molar-refractivity contribution in [3.8, 4) is 5.95 Å². The van der Waals surface area contributed by atoms with Crippen LogP contribution in [0, 0.1) is 0 Å². The number of ether oxygens (including phenoxy) is 2. The quantitative estimate of drug-likeness (QED) is 0.771. The van der Waals surface area contributed by atoms with Gasteiger partial charge in [-0.15, -0.1) is 0 Å². The van der Waals surface area contributed by atoms with Crippen LogP contribution in [0.2, 0.25) is 0 Å². The van der Waals surface area contributed by atoms with Gasteiger partial charge in [-0.1, -0.05) is 0 Å². The number of methoxy groups -OCH3 is 1. The first-order valence-corrected chi connectivity index (χ1v) is 5.64. The zero-order valence-corrected chi connectivity index (χ0v) is 10.6. The maximum Gasteiger partial charge on any atom is 0.322 e. The molecule has 2 atom stereocenters. The van der Waals surface area contributed by atoms with Gasteiger partial charge >= 0.3 is 5.97 Å². The minimum Gasteiger partial charge on any atom is -0.468 e. The van der Waals surface area contributed by atoms with E-state index in [4.69, 9.17) is 9.15 Å². The van der Waals surface area contributed by atoms with Crippen molar-refractivity contribution in [2.45, 2.75) is 32.9 Å². The fourth-order valence-corrected chi connectivity index (χ4v) is 1.49. The van der Waals surface area contributed by atoms with Crippen LogP contribution in [-0.4, -0.2) is 25.7 Å². The van der Waals surface area contributed by atoms with Gasteiger partial charge in [0.05, 0.1) is 19.8 Å². The highest BCUT2D eigenvalue weighted by molar-refractivity contribution is 5.75. The van der Waals surface area contributed by atoms with Crippen LogP contribution in [0.1, 0.15) is 32.6 Å². The van der Waals surface area contributed by atoms with E-state index in [1.165, 1.54) is 7.11 Å². The van der Waals surface area contributed by atoms with Crippen LogP contribution in [0.3, 0.4) is 0 Å². The molecule has 0 saturated heterocycles. The van der Waals surface area contributed by atoms with Gasteiger partial charge in [0, 0.05) is 6.07 Å². The smallest absolute Gasteiger partial charge is 0.322 e. The molecule has 0 radical (unpaired) electrons. The van der Waals surface area contributed by atoms with Crippen LogP contribution >= 0.6 is 0 Å². The van der Waals surface area contributed by atoms with Crippen molar-refractivity contribution in [3.05, 3.63) is 17.9 Å². The molecule has 0 aromatic carbocycles. The number of hydrogen-bond donors (Lipinski definition) is 1. The summed E-state index contributed by atoms with van der Waals surface area (Å²) in [4.78, 5) is 11.2. The summed E-state index contributed by atoms with van der Waals surface area (Å²) < 4.78 is 15.3. The van der Waals surface area contributed by atoms with Crippen LogP contribution in [0.4, 0.5) is 0 Å². The van der Waals surface area contributed by atoms with Crippen molar-refractivity contribution in [1.82, 2.24) is 5.32 Å². The van der Waals surface area contributed by atoms with Gasteiger partial charge in [-0.25, -0.2) is 0 Å². The van der Waals surface area contributed by atoms with Gasteiger partial charge in [-0.3, -0.25) is 10.1 Å². The highest BCUT2D eigenvalue weighted by atomic mass is 16.6. The second-order valence-corrected chi connectivity index (χ2v) is 3.72. The van der Waals surface area contributed by atoms with E-state index in [1.54, 1.807) is 13.0 Å². The van der Waals surface area contributed by atoms with Gasteiger partial charge in [0.15, 0.2) is 0 Å². The maximum absolute atomic E-state index is 11.2. The number of furan rings is 1. The molecule has 0 aliphatic heterocycles. The predicted molar refractivity (Wildman–Crippen MR) is 62.9 cm³/mol. The molecule has 0 amide bonds. The lowest BCUT2D eigenvalue weighted by atomic mass is 10.2. The zero-order chi connectivity index (χ0) is 12.8. The van der Waals surface area contributed by atoms with Gasteiger partial charge in [-0.05, 0) is 26.8 Å². The molecule has 5 nitrogen and oxygen atoms in total. The summed E-state index contributed by atoms with van der Waals surface area (Å²) in [6.07, 6.45) is 0. The second-order valence-electron chi connectivity index (χ2n) is 3.72. The van der Waals surface area contributed by atoms with E-state index in [0.717, 1.165) is 5.76 Å². The molecule has 2 unspecified atom stereocenters.